The fraction of sp³-hybridized carbons (Fsp3) is 0.391. The summed E-state index contributed by atoms with van der Waals surface area (Å²) >= 11 is 0. The number of aromatic nitrogens is 4. The molecule has 3 atom stereocenters. The molecule has 0 aliphatic carbocycles. The molecular weight excluding hydrogens is 376 g/mol. The zero-order chi connectivity index (χ0) is 20.8. The van der Waals surface area contributed by atoms with Gasteiger partial charge in [-0.2, -0.15) is 4.80 Å². The van der Waals surface area contributed by atoms with Crippen LogP contribution in [0.3, 0.4) is 0 Å². The molecule has 1 amide bonds. The van der Waals surface area contributed by atoms with Crippen LogP contribution >= 0.6 is 0 Å². The van der Waals surface area contributed by atoms with Crippen LogP contribution in [0.2, 0.25) is 0 Å². The first kappa shape index (κ1) is 18.9. The number of likely N-dealkylation sites (N-methyl/N-ethyl adjacent to an activating group) is 1. The van der Waals surface area contributed by atoms with Crippen LogP contribution in [0.15, 0.2) is 42.5 Å². The van der Waals surface area contributed by atoms with E-state index in [0.717, 1.165) is 36.3 Å². The van der Waals surface area contributed by atoms with Gasteiger partial charge in [0.2, 0.25) is 5.82 Å². The molecule has 7 heteroatoms. The van der Waals surface area contributed by atoms with Crippen molar-refractivity contribution in [1.29, 1.82) is 0 Å². The molecule has 1 N–H and O–H groups in total. The third-order valence-corrected chi connectivity index (χ3v) is 6.46. The lowest BCUT2D eigenvalue weighted by Crippen LogP contribution is -3.11. The van der Waals surface area contributed by atoms with Crippen molar-refractivity contribution in [2.75, 3.05) is 25.0 Å². The molecule has 1 unspecified atom stereocenters. The van der Waals surface area contributed by atoms with Crippen LogP contribution in [0.25, 0.3) is 11.4 Å². The van der Waals surface area contributed by atoms with Crippen LogP contribution in [-0.4, -0.2) is 52.3 Å². The number of hydrogen-bond acceptors (Lipinski definition) is 4. The average Bonchev–Trinajstić information content (AvgIpc) is 3.30. The number of carbonyl (C=O) groups is 1. The average molecular weight is 404 g/mol. The second kappa shape index (κ2) is 7.32. The van der Waals surface area contributed by atoms with E-state index in [1.54, 1.807) is 0 Å². The minimum absolute atomic E-state index is 0.0286. The Bertz CT molecular complexity index is 1110. The first-order valence-corrected chi connectivity index (χ1v) is 10.6. The van der Waals surface area contributed by atoms with Crippen LogP contribution in [0.1, 0.15) is 29.0 Å². The lowest BCUT2D eigenvalue weighted by molar-refractivity contribution is -0.886. The van der Waals surface area contributed by atoms with Crippen molar-refractivity contribution >= 4 is 11.6 Å². The first-order chi connectivity index (χ1) is 14.5. The van der Waals surface area contributed by atoms with Gasteiger partial charge in [-0.15, -0.1) is 10.2 Å². The number of fused-ring (bicyclic) bond motifs is 3. The predicted octanol–water partition coefficient (Wildman–Crippen LogP) is 1.37. The molecule has 0 saturated carbocycles. The van der Waals surface area contributed by atoms with Crippen LogP contribution in [0.4, 0.5) is 5.69 Å². The molecule has 3 aromatic rings. The highest BCUT2D eigenvalue weighted by molar-refractivity contribution is 5.96. The summed E-state index contributed by atoms with van der Waals surface area (Å²) in [7, 11) is 2.24. The molecule has 2 aliphatic heterocycles. The van der Waals surface area contributed by atoms with Crippen molar-refractivity contribution in [3.05, 3.63) is 59.2 Å². The number of piperidine rings is 1. The summed E-state index contributed by atoms with van der Waals surface area (Å²) in [5.74, 6) is 0.976. The molecular formula is C23H27N6O+. The van der Waals surface area contributed by atoms with Crippen LogP contribution in [-0.2, 0) is 11.3 Å². The Morgan fingerprint density at radius 3 is 2.87 bits per heavy atom. The maximum atomic E-state index is 13.4. The molecule has 3 heterocycles. The molecule has 5 rings (SSSR count). The van der Waals surface area contributed by atoms with Gasteiger partial charge in [-0.05, 0) is 36.3 Å². The predicted molar refractivity (Wildman–Crippen MR) is 114 cm³/mol. The summed E-state index contributed by atoms with van der Waals surface area (Å²) in [4.78, 5) is 18.4. The third-order valence-electron chi connectivity index (χ3n) is 6.46. The lowest BCUT2D eigenvalue weighted by Gasteiger charge is -2.34. The minimum atomic E-state index is 0.0286. The monoisotopic (exact) mass is 403 g/mol. The van der Waals surface area contributed by atoms with Crippen molar-refractivity contribution in [1.82, 2.24) is 20.2 Å². The Morgan fingerprint density at radius 1 is 1.20 bits per heavy atom. The van der Waals surface area contributed by atoms with Crippen LogP contribution < -0.4 is 9.80 Å². The van der Waals surface area contributed by atoms with Gasteiger partial charge in [0, 0.05) is 17.7 Å². The van der Waals surface area contributed by atoms with Crippen LogP contribution in [0, 0.1) is 13.8 Å². The fourth-order valence-corrected chi connectivity index (χ4v) is 4.96. The number of nitrogens with one attached hydrogen (secondary N) is 1. The number of benzene rings is 2. The number of carbonyl (C=O) groups excluding carboxylic acids is 1. The minimum Gasteiger partial charge on any atom is -0.337 e. The fourth-order valence-electron chi connectivity index (χ4n) is 4.96. The number of tetrazole rings is 1. The highest BCUT2D eigenvalue weighted by Gasteiger charge is 2.45. The SMILES string of the molecule is Cc1ccc2c(c1)[C@H]1C[NH+](C)CC[C@@H]1N2C(=O)Cn1nnc(-c2ccccc2C)n1. The van der Waals surface area contributed by atoms with Gasteiger partial charge < -0.3 is 9.80 Å². The van der Waals surface area contributed by atoms with E-state index in [4.69, 9.17) is 0 Å². The van der Waals surface area contributed by atoms with Crippen molar-refractivity contribution < 1.29 is 9.69 Å². The van der Waals surface area contributed by atoms with E-state index < -0.39 is 0 Å². The number of likely N-dealkylation sites (tertiary alicyclic amines) is 1. The Kier molecular flexibility index (Phi) is 4.62. The maximum Gasteiger partial charge on any atom is 0.250 e. The second-order valence-electron chi connectivity index (χ2n) is 8.66. The molecule has 30 heavy (non-hydrogen) atoms. The normalized spacial score (nSPS) is 22.6. The number of quaternary nitrogens is 1. The second-order valence-corrected chi connectivity index (χ2v) is 8.66. The van der Waals surface area contributed by atoms with Gasteiger partial charge in [0.1, 0.15) is 6.54 Å². The Morgan fingerprint density at radius 2 is 2.03 bits per heavy atom. The molecule has 154 valence electrons. The van der Waals surface area contributed by atoms with E-state index in [0.29, 0.717) is 11.7 Å². The zero-order valence-electron chi connectivity index (χ0n) is 17.7. The van der Waals surface area contributed by atoms with Gasteiger partial charge in [0.05, 0.1) is 32.1 Å². The number of rotatable bonds is 3. The smallest absolute Gasteiger partial charge is 0.250 e. The number of aryl methyl sites for hydroxylation is 2. The van der Waals surface area contributed by atoms with Gasteiger partial charge in [0.15, 0.2) is 0 Å². The first-order valence-electron chi connectivity index (χ1n) is 10.6. The Hall–Kier alpha value is -3.06. The standard InChI is InChI=1S/C23H26N6O/c1-15-8-9-20-18(12-15)19-13-27(3)11-10-21(19)29(20)22(30)14-28-25-23(24-26-28)17-7-5-4-6-16(17)2/h4-9,12,19,21H,10-11,13-14H2,1-3H3/p+1/t19-,21+/m1/s1. The summed E-state index contributed by atoms with van der Waals surface area (Å²) in [6.45, 7) is 6.37. The number of amides is 1. The largest absolute Gasteiger partial charge is 0.337 e. The number of nitrogens with zero attached hydrogens (tertiary/aromatic N) is 5. The third kappa shape index (κ3) is 3.19. The number of hydrogen-bond donors (Lipinski definition) is 1. The van der Waals surface area contributed by atoms with Gasteiger partial charge in [-0.25, -0.2) is 0 Å². The van der Waals surface area contributed by atoms with Crippen molar-refractivity contribution in [3.63, 3.8) is 0 Å². The highest BCUT2D eigenvalue weighted by Crippen LogP contribution is 2.43. The highest BCUT2D eigenvalue weighted by atomic mass is 16.2. The van der Waals surface area contributed by atoms with E-state index >= 15 is 0 Å². The molecule has 1 aromatic heterocycles. The van der Waals surface area contributed by atoms with Crippen molar-refractivity contribution in [2.24, 2.45) is 0 Å². The summed E-state index contributed by atoms with van der Waals surface area (Å²) in [6, 6.07) is 14.6. The van der Waals surface area contributed by atoms with Gasteiger partial charge in [0.25, 0.3) is 5.91 Å². The molecule has 1 fully saturated rings. The number of anilines is 1. The molecule has 2 aromatic carbocycles. The molecule has 1 saturated heterocycles. The Labute approximate surface area is 176 Å². The summed E-state index contributed by atoms with van der Waals surface area (Å²) < 4.78 is 0. The maximum absolute atomic E-state index is 13.4. The molecule has 2 aliphatic rings. The molecule has 0 radical (unpaired) electrons. The summed E-state index contributed by atoms with van der Waals surface area (Å²) in [6.07, 6.45) is 1.01. The van der Waals surface area contributed by atoms with Gasteiger partial charge in [-0.3, -0.25) is 4.79 Å². The lowest BCUT2D eigenvalue weighted by atomic mass is 9.89. The van der Waals surface area contributed by atoms with E-state index in [1.807, 2.05) is 36.1 Å². The van der Waals surface area contributed by atoms with Gasteiger partial charge >= 0.3 is 0 Å². The van der Waals surface area contributed by atoms with E-state index in [1.165, 1.54) is 20.8 Å². The summed E-state index contributed by atoms with van der Waals surface area (Å²) in [5.41, 5.74) is 5.63. The van der Waals surface area contributed by atoms with E-state index in [2.05, 4.69) is 47.6 Å². The molecule has 0 spiro atoms. The Balaban J connectivity index is 1.42. The topological polar surface area (TPSA) is 68.3 Å². The van der Waals surface area contributed by atoms with E-state index in [-0.39, 0.29) is 18.5 Å². The quantitative estimate of drug-likeness (QED) is 0.717. The molecule has 7 nitrogen and oxygen atoms in total. The summed E-state index contributed by atoms with van der Waals surface area (Å²) in [5, 5.41) is 12.8. The van der Waals surface area contributed by atoms with Crippen LogP contribution in [0.5, 0.6) is 0 Å². The van der Waals surface area contributed by atoms with Gasteiger partial charge in [-0.1, -0.05) is 42.0 Å². The van der Waals surface area contributed by atoms with Crippen molar-refractivity contribution in [3.8, 4) is 11.4 Å². The zero-order valence-corrected chi connectivity index (χ0v) is 17.7. The van der Waals surface area contributed by atoms with E-state index in [9.17, 15) is 4.79 Å². The molecule has 0 bridgehead atoms. The van der Waals surface area contributed by atoms with Crippen molar-refractivity contribution in [2.45, 2.75) is 38.8 Å².